The van der Waals surface area contributed by atoms with Crippen molar-refractivity contribution < 1.29 is 14.4 Å². The summed E-state index contributed by atoms with van der Waals surface area (Å²) in [5.41, 5.74) is 5.04. The predicted molar refractivity (Wildman–Crippen MR) is 52.0 cm³/mol. The summed E-state index contributed by atoms with van der Waals surface area (Å²) >= 11 is 0. The van der Waals surface area contributed by atoms with Crippen molar-refractivity contribution in [1.82, 2.24) is 5.32 Å². The van der Waals surface area contributed by atoms with E-state index in [1.165, 1.54) is 0 Å². The Kier molecular flexibility index (Phi) is 2.46. The molecule has 0 spiro atoms. The zero-order valence-electron chi connectivity index (χ0n) is 8.36. The van der Waals surface area contributed by atoms with Gasteiger partial charge in [0.15, 0.2) is 0 Å². The molecule has 3 N–H and O–H groups in total. The number of urea groups is 1. The van der Waals surface area contributed by atoms with Gasteiger partial charge in [-0.3, -0.25) is 9.59 Å². The molecule has 0 aromatic heterocycles. The molecule has 0 heterocycles. The minimum absolute atomic E-state index is 0.0896. The lowest BCUT2D eigenvalue weighted by molar-refractivity contribution is -0.131. The molecule has 2 aliphatic rings. The van der Waals surface area contributed by atoms with Crippen molar-refractivity contribution in [3.63, 3.8) is 0 Å². The van der Waals surface area contributed by atoms with Gasteiger partial charge in [0, 0.05) is 30.7 Å². The number of nitrogens with two attached hydrogens (primary N) is 1. The van der Waals surface area contributed by atoms with Gasteiger partial charge in [-0.15, -0.1) is 0 Å². The molecule has 0 aromatic rings. The van der Waals surface area contributed by atoms with Gasteiger partial charge in [0.25, 0.3) is 0 Å². The van der Waals surface area contributed by atoms with Gasteiger partial charge < -0.3 is 11.1 Å². The number of Topliss-reactive ketones (excluding diaryl/α,β-unsaturated/α-hetero) is 2. The van der Waals surface area contributed by atoms with E-state index < -0.39 is 6.03 Å². The number of nitrogens with one attached hydrogen (secondary N) is 1. The van der Waals surface area contributed by atoms with E-state index in [1.54, 1.807) is 0 Å². The number of hydrogen-bond acceptors (Lipinski definition) is 3. The minimum Gasteiger partial charge on any atom is -0.352 e. The third-order valence-electron chi connectivity index (χ3n) is 3.38. The van der Waals surface area contributed by atoms with Crippen molar-refractivity contribution in [2.24, 2.45) is 17.6 Å². The molecule has 0 saturated heterocycles. The molecule has 5 nitrogen and oxygen atoms in total. The second kappa shape index (κ2) is 3.64. The van der Waals surface area contributed by atoms with E-state index in [-0.39, 0.29) is 29.4 Å². The summed E-state index contributed by atoms with van der Waals surface area (Å²) in [5.74, 6) is -0.248. The molecule has 0 aliphatic heterocycles. The highest BCUT2D eigenvalue weighted by atomic mass is 16.2. The maximum atomic E-state index is 11.6. The van der Waals surface area contributed by atoms with Gasteiger partial charge >= 0.3 is 6.03 Å². The Hall–Kier alpha value is -1.39. The number of ketones is 2. The summed E-state index contributed by atoms with van der Waals surface area (Å²) in [6.45, 7) is 0. The lowest BCUT2D eigenvalue weighted by Gasteiger charge is -2.31. The minimum atomic E-state index is -0.618. The van der Waals surface area contributed by atoms with Gasteiger partial charge in [-0.25, -0.2) is 4.79 Å². The van der Waals surface area contributed by atoms with Crippen molar-refractivity contribution in [3.05, 3.63) is 0 Å². The van der Waals surface area contributed by atoms with Gasteiger partial charge in [0.05, 0.1) is 0 Å². The number of primary amides is 1. The average molecular weight is 210 g/mol. The molecule has 0 aromatic carbocycles. The first kappa shape index (κ1) is 10.1. The first-order valence-electron chi connectivity index (χ1n) is 5.21. The summed E-state index contributed by atoms with van der Waals surface area (Å²) in [5, 5.41) is 2.57. The van der Waals surface area contributed by atoms with E-state index in [0.29, 0.717) is 25.7 Å². The van der Waals surface area contributed by atoms with E-state index in [9.17, 15) is 14.4 Å². The molecule has 0 bridgehead atoms. The van der Waals surface area contributed by atoms with E-state index in [1.807, 2.05) is 0 Å². The van der Waals surface area contributed by atoms with Crippen LogP contribution in [0.5, 0.6) is 0 Å². The Bertz CT molecular complexity index is 327. The Morgan fingerprint density at radius 1 is 1.20 bits per heavy atom. The van der Waals surface area contributed by atoms with Crippen LogP contribution in [0.15, 0.2) is 0 Å². The SMILES string of the molecule is NC(=O)NC1CCC(=O)C2CCC(=O)C12. The summed E-state index contributed by atoms with van der Waals surface area (Å²) in [7, 11) is 0. The lowest BCUT2D eigenvalue weighted by Crippen LogP contribution is -2.50. The molecule has 2 fully saturated rings. The van der Waals surface area contributed by atoms with Gasteiger partial charge in [0.2, 0.25) is 0 Å². The normalized spacial score (nSPS) is 35.1. The molecule has 3 unspecified atom stereocenters. The smallest absolute Gasteiger partial charge is 0.312 e. The molecule has 2 rings (SSSR count). The summed E-state index contributed by atoms with van der Waals surface area (Å²) in [4.78, 5) is 33.9. The Balaban J connectivity index is 2.16. The zero-order chi connectivity index (χ0) is 11.0. The van der Waals surface area contributed by atoms with Crippen LogP contribution in [-0.4, -0.2) is 23.6 Å². The maximum Gasteiger partial charge on any atom is 0.312 e. The number of carbonyl (C=O) groups is 3. The fraction of sp³-hybridized carbons (Fsp3) is 0.700. The van der Waals surface area contributed by atoms with Crippen LogP contribution in [0.3, 0.4) is 0 Å². The highest BCUT2D eigenvalue weighted by Gasteiger charge is 2.46. The highest BCUT2D eigenvalue weighted by molar-refractivity contribution is 5.95. The topological polar surface area (TPSA) is 89.3 Å². The van der Waals surface area contributed by atoms with Crippen LogP contribution in [0.2, 0.25) is 0 Å². The molecule has 5 heteroatoms. The maximum absolute atomic E-state index is 11.6. The van der Waals surface area contributed by atoms with Gasteiger partial charge in [-0.1, -0.05) is 0 Å². The van der Waals surface area contributed by atoms with E-state index >= 15 is 0 Å². The Labute approximate surface area is 87.4 Å². The summed E-state index contributed by atoms with van der Waals surface area (Å²) in [6.07, 6.45) is 2.07. The first-order valence-corrected chi connectivity index (χ1v) is 5.21. The monoisotopic (exact) mass is 210 g/mol. The summed E-state index contributed by atoms with van der Waals surface area (Å²) in [6, 6.07) is -0.854. The number of fused-ring (bicyclic) bond motifs is 1. The molecule has 2 aliphatic carbocycles. The molecule has 15 heavy (non-hydrogen) atoms. The van der Waals surface area contributed by atoms with E-state index in [2.05, 4.69) is 5.32 Å². The second-order valence-corrected chi connectivity index (χ2v) is 4.26. The fourth-order valence-electron chi connectivity index (χ4n) is 2.74. The number of amides is 2. The van der Waals surface area contributed by atoms with Crippen LogP contribution in [-0.2, 0) is 9.59 Å². The van der Waals surface area contributed by atoms with Crippen LogP contribution in [0, 0.1) is 11.8 Å². The van der Waals surface area contributed by atoms with Crippen LogP contribution >= 0.6 is 0 Å². The van der Waals surface area contributed by atoms with Crippen molar-refractivity contribution in [2.75, 3.05) is 0 Å². The quantitative estimate of drug-likeness (QED) is 0.637. The molecule has 82 valence electrons. The largest absolute Gasteiger partial charge is 0.352 e. The zero-order valence-corrected chi connectivity index (χ0v) is 8.36. The van der Waals surface area contributed by atoms with Crippen LogP contribution in [0.4, 0.5) is 4.79 Å². The molecule has 0 radical (unpaired) electrons. The van der Waals surface area contributed by atoms with Gasteiger partial charge in [-0.05, 0) is 12.8 Å². The average Bonchev–Trinajstić information content (AvgIpc) is 2.54. The summed E-state index contributed by atoms with van der Waals surface area (Å²) < 4.78 is 0. The van der Waals surface area contributed by atoms with Gasteiger partial charge in [0.1, 0.15) is 11.6 Å². The second-order valence-electron chi connectivity index (χ2n) is 4.26. The van der Waals surface area contributed by atoms with E-state index in [0.717, 1.165) is 0 Å². The lowest BCUT2D eigenvalue weighted by atomic mass is 9.77. The number of hydrogen-bond donors (Lipinski definition) is 2. The van der Waals surface area contributed by atoms with Crippen molar-refractivity contribution in [2.45, 2.75) is 31.7 Å². The molecular formula is C10H14N2O3. The number of carbonyl (C=O) groups excluding carboxylic acids is 3. The van der Waals surface area contributed by atoms with Crippen molar-refractivity contribution in [1.29, 1.82) is 0 Å². The van der Waals surface area contributed by atoms with Crippen LogP contribution < -0.4 is 11.1 Å². The third-order valence-corrected chi connectivity index (χ3v) is 3.38. The Morgan fingerprint density at radius 2 is 1.87 bits per heavy atom. The van der Waals surface area contributed by atoms with Crippen LogP contribution in [0.1, 0.15) is 25.7 Å². The third kappa shape index (κ3) is 1.73. The highest BCUT2D eigenvalue weighted by Crippen LogP contribution is 2.38. The standard InChI is InChI=1S/C10H14N2O3/c11-10(15)12-6-2-4-7(13)5-1-3-8(14)9(5)6/h5-6,9H,1-4H2,(H3,11,12,15). The molecule has 3 atom stereocenters. The molecular weight excluding hydrogens is 196 g/mol. The van der Waals surface area contributed by atoms with Gasteiger partial charge in [-0.2, -0.15) is 0 Å². The Morgan fingerprint density at radius 3 is 2.53 bits per heavy atom. The number of rotatable bonds is 1. The molecule has 2 saturated carbocycles. The predicted octanol–water partition coefficient (Wildman–Crippen LogP) is -0.0185. The van der Waals surface area contributed by atoms with Crippen molar-refractivity contribution >= 4 is 17.6 Å². The fourth-order valence-corrected chi connectivity index (χ4v) is 2.74. The van der Waals surface area contributed by atoms with E-state index in [4.69, 9.17) is 5.73 Å². The molecule has 2 amide bonds. The van der Waals surface area contributed by atoms with Crippen LogP contribution in [0.25, 0.3) is 0 Å². The first-order chi connectivity index (χ1) is 7.09. The van der Waals surface area contributed by atoms with Crippen molar-refractivity contribution in [3.8, 4) is 0 Å².